The molecule has 0 bridgehead atoms. The van der Waals surface area contributed by atoms with E-state index in [4.69, 9.17) is 4.74 Å². The Morgan fingerprint density at radius 3 is 2.58 bits per heavy atom. The van der Waals surface area contributed by atoms with Crippen LogP contribution in [-0.2, 0) is 20.9 Å². The number of ether oxygens (including phenoxy) is 1. The molecule has 5 nitrogen and oxygen atoms in total. The van der Waals surface area contributed by atoms with E-state index in [0.29, 0.717) is 25.3 Å². The van der Waals surface area contributed by atoms with Crippen LogP contribution in [0.4, 0.5) is 13.2 Å². The lowest BCUT2D eigenvalue weighted by molar-refractivity contribution is -0.141. The van der Waals surface area contributed by atoms with Crippen LogP contribution in [0, 0.1) is 0 Å². The first-order chi connectivity index (χ1) is 8.79. The number of hydrogen-bond donors (Lipinski definition) is 1. The summed E-state index contributed by atoms with van der Waals surface area (Å²) in [4.78, 5) is 2.82. The minimum atomic E-state index is -4.59. The molecule has 9 heteroatoms. The van der Waals surface area contributed by atoms with Gasteiger partial charge < -0.3 is 4.74 Å². The van der Waals surface area contributed by atoms with Crippen molar-refractivity contribution in [1.82, 2.24) is 9.71 Å². The van der Waals surface area contributed by atoms with E-state index in [1.165, 1.54) is 0 Å². The molecule has 0 amide bonds. The van der Waals surface area contributed by atoms with Gasteiger partial charge in [-0.25, -0.2) is 13.1 Å². The second-order valence-corrected chi connectivity index (χ2v) is 5.77. The number of pyridine rings is 1. The third-order valence-corrected chi connectivity index (χ3v) is 4.09. The van der Waals surface area contributed by atoms with Gasteiger partial charge in [-0.15, -0.1) is 0 Å². The molecule has 0 aliphatic carbocycles. The topological polar surface area (TPSA) is 68.3 Å². The van der Waals surface area contributed by atoms with E-state index in [0.717, 1.165) is 6.07 Å². The number of rotatable bonds is 3. The van der Waals surface area contributed by atoms with E-state index in [2.05, 4.69) is 9.71 Å². The van der Waals surface area contributed by atoms with Crippen molar-refractivity contribution in [3.05, 3.63) is 24.0 Å². The van der Waals surface area contributed by atoms with Crippen LogP contribution in [0.1, 0.15) is 12.1 Å². The quantitative estimate of drug-likeness (QED) is 0.909. The van der Waals surface area contributed by atoms with Gasteiger partial charge >= 0.3 is 6.18 Å². The van der Waals surface area contributed by atoms with Crippen LogP contribution in [0.25, 0.3) is 0 Å². The number of aromatic nitrogens is 1. The van der Waals surface area contributed by atoms with Crippen molar-refractivity contribution in [2.45, 2.75) is 23.5 Å². The van der Waals surface area contributed by atoms with Crippen molar-refractivity contribution in [2.24, 2.45) is 0 Å². The molecular weight excluding hydrogens is 285 g/mol. The second kappa shape index (κ2) is 5.06. The molecule has 0 unspecified atom stereocenters. The number of halogens is 3. The molecule has 1 fully saturated rings. The van der Waals surface area contributed by atoms with Crippen LogP contribution in [-0.4, -0.2) is 32.7 Å². The van der Waals surface area contributed by atoms with E-state index in [9.17, 15) is 21.6 Å². The number of hydrogen-bond acceptors (Lipinski definition) is 4. The zero-order valence-electron chi connectivity index (χ0n) is 9.64. The van der Waals surface area contributed by atoms with Crippen LogP contribution in [0.15, 0.2) is 23.2 Å². The van der Waals surface area contributed by atoms with Gasteiger partial charge in [0.25, 0.3) is 0 Å². The Balaban J connectivity index is 2.16. The number of sulfonamides is 1. The van der Waals surface area contributed by atoms with Gasteiger partial charge in [0.05, 0.1) is 6.61 Å². The monoisotopic (exact) mass is 296 g/mol. The highest BCUT2D eigenvalue weighted by Gasteiger charge is 2.33. The Hall–Kier alpha value is -1.19. The SMILES string of the molecule is O=S(=O)(N[C@H]1CCOC1)c1ccc(C(F)(F)F)nc1. The van der Waals surface area contributed by atoms with Crippen molar-refractivity contribution < 1.29 is 26.3 Å². The van der Waals surface area contributed by atoms with Crippen molar-refractivity contribution in [1.29, 1.82) is 0 Å². The highest BCUT2D eigenvalue weighted by molar-refractivity contribution is 7.89. The molecule has 19 heavy (non-hydrogen) atoms. The fourth-order valence-corrected chi connectivity index (χ4v) is 2.82. The molecule has 1 aromatic rings. The van der Waals surface area contributed by atoms with Crippen LogP contribution < -0.4 is 4.72 Å². The second-order valence-electron chi connectivity index (χ2n) is 4.06. The summed E-state index contributed by atoms with van der Waals surface area (Å²) in [5.74, 6) is 0. The van der Waals surface area contributed by atoms with Gasteiger partial charge in [0.2, 0.25) is 10.0 Å². The Morgan fingerprint density at radius 2 is 2.11 bits per heavy atom. The first-order valence-corrected chi connectivity index (χ1v) is 6.91. The highest BCUT2D eigenvalue weighted by atomic mass is 32.2. The van der Waals surface area contributed by atoms with Crippen molar-refractivity contribution >= 4 is 10.0 Å². The zero-order valence-corrected chi connectivity index (χ0v) is 10.5. The number of nitrogens with one attached hydrogen (secondary N) is 1. The first-order valence-electron chi connectivity index (χ1n) is 5.42. The molecule has 106 valence electrons. The van der Waals surface area contributed by atoms with Crippen molar-refractivity contribution in [3.8, 4) is 0 Å². The molecule has 0 radical (unpaired) electrons. The van der Waals surface area contributed by atoms with Gasteiger partial charge in [-0.05, 0) is 18.6 Å². The molecule has 1 saturated heterocycles. The summed E-state index contributed by atoms with van der Waals surface area (Å²) in [6, 6.07) is 1.17. The van der Waals surface area contributed by atoms with Gasteiger partial charge in [-0.1, -0.05) is 0 Å². The van der Waals surface area contributed by atoms with Gasteiger partial charge in [0.15, 0.2) is 0 Å². The summed E-state index contributed by atoms with van der Waals surface area (Å²) >= 11 is 0. The summed E-state index contributed by atoms with van der Waals surface area (Å²) in [7, 11) is -3.87. The molecular formula is C10H11F3N2O3S. The molecule has 1 aliphatic rings. The Bertz CT molecular complexity index is 536. The lowest BCUT2D eigenvalue weighted by atomic mass is 10.3. The average molecular weight is 296 g/mol. The fourth-order valence-electron chi connectivity index (χ4n) is 1.62. The normalized spacial score (nSPS) is 20.7. The van der Waals surface area contributed by atoms with Crippen LogP contribution in [0.2, 0.25) is 0 Å². The highest BCUT2D eigenvalue weighted by Crippen LogP contribution is 2.27. The molecule has 1 N–H and O–H groups in total. The predicted molar refractivity (Wildman–Crippen MR) is 58.8 cm³/mol. The van der Waals surface area contributed by atoms with Crippen LogP contribution in [0.5, 0.6) is 0 Å². The lowest BCUT2D eigenvalue weighted by Crippen LogP contribution is -2.35. The smallest absolute Gasteiger partial charge is 0.380 e. The molecule has 0 saturated carbocycles. The molecule has 2 heterocycles. The summed E-state index contributed by atoms with van der Waals surface area (Å²) in [6.45, 7) is 0.714. The third-order valence-electron chi connectivity index (χ3n) is 2.59. The average Bonchev–Trinajstić information content (AvgIpc) is 2.80. The minimum Gasteiger partial charge on any atom is -0.380 e. The van der Waals surface area contributed by atoms with E-state index in [1.54, 1.807) is 0 Å². The number of nitrogens with zero attached hydrogens (tertiary/aromatic N) is 1. The Morgan fingerprint density at radius 1 is 1.37 bits per heavy atom. The van der Waals surface area contributed by atoms with Crippen LogP contribution >= 0.6 is 0 Å². The van der Waals surface area contributed by atoms with E-state index in [1.807, 2.05) is 0 Å². The summed E-state index contributed by atoms with van der Waals surface area (Å²) in [5.41, 5.74) is -1.13. The van der Waals surface area contributed by atoms with E-state index < -0.39 is 21.9 Å². The first kappa shape index (κ1) is 14.2. The largest absolute Gasteiger partial charge is 0.433 e. The standard InChI is InChI=1S/C10H11F3N2O3S/c11-10(12,13)9-2-1-8(5-14-9)19(16,17)15-7-3-4-18-6-7/h1-2,5,7,15H,3-4,6H2/t7-/m0/s1. The van der Waals surface area contributed by atoms with Gasteiger partial charge in [-0.3, -0.25) is 4.98 Å². The maximum Gasteiger partial charge on any atom is 0.433 e. The van der Waals surface area contributed by atoms with E-state index in [-0.39, 0.29) is 17.5 Å². The lowest BCUT2D eigenvalue weighted by Gasteiger charge is -2.12. The van der Waals surface area contributed by atoms with Gasteiger partial charge in [0, 0.05) is 18.8 Å². The van der Waals surface area contributed by atoms with E-state index >= 15 is 0 Å². The maximum absolute atomic E-state index is 12.3. The fraction of sp³-hybridized carbons (Fsp3) is 0.500. The molecule has 1 atom stereocenters. The van der Waals surface area contributed by atoms with Gasteiger partial charge in [0.1, 0.15) is 10.6 Å². The molecule has 2 rings (SSSR count). The van der Waals surface area contributed by atoms with Crippen molar-refractivity contribution in [3.63, 3.8) is 0 Å². The predicted octanol–water partition coefficient (Wildman–Crippen LogP) is 1.17. The minimum absolute atomic E-state index is 0.257. The number of alkyl halides is 3. The third kappa shape index (κ3) is 3.43. The summed E-state index contributed by atoms with van der Waals surface area (Å²) in [5, 5.41) is 0. The van der Waals surface area contributed by atoms with Crippen LogP contribution in [0.3, 0.4) is 0 Å². The molecule has 0 aromatic carbocycles. The summed E-state index contributed by atoms with van der Waals surface area (Å²) < 4.78 is 68.0. The zero-order chi connectivity index (χ0) is 14.1. The molecule has 1 aromatic heterocycles. The molecule has 0 spiro atoms. The van der Waals surface area contributed by atoms with Gasteiger partial charge in [-0.2, -0.15) is 13.2 Å². The Kier molecular flexibility index (Phi) is 3.79. The molecule has 1 aliphatic heterocycles. The summed E-state index contributed by atoms with van der Waals surface area (Å²) in [6.07, 6.45) is -3.36. The van der Waals surface area contributed by atoms with Crippen molar-refractivity contribution in [2.75, 3.05) is 13.2 Å². The maximum atomic E-state index is 12.3. The Labute approximate surface area is 107 Å².